The number of hydrogen-bond acceptors (Lipinski definition) is 6. The molecule has 2 amide bonds. The molecule has 0 radical (unpaired) electrons. The van der Waals surface area contributed by atoms with Gasteiger partial charge in [0, 0.05) is 62.8 Å². The van der Waals surface area contributed by atoms with Gasteiger partial charge in [0.1, 0.15) is 0 Å². The second kappa shape index (κ2) is 21.0. The fourth-order valence-corrected chi connectivity index (χ4v) is 8.17. The average molecular weight is 705 g/mol. The number of amides is 2. The van der Waals surface area contributed by atoms with E-state index in [2.05, 4.69) is 0 Å². The molecule has 10 nitrogen and oxygen atoms in total. The van der Waals surface area contributed by atoms with Crippen LogP contribution in [0.15, 0.2) is 60.7 Å². The van der Waals surface area contributed by atoms with E-state index in [4.69, 9.17) is 0 Å². The Bertz CT molecular complexity index is 1200. The van der Waals surface area contributed by atoms with Crippen LogP contribution in [0.1, 0.15) is 75.3 Å². The molecule has 2 aromatic rings. The predicted molar refractivity (Wildman–Crippen MR) is 184 cm³/mol. The van der Waals surface area contributed by atoms with Crippen LogP contribution in [-0.2, 0) is 32.0 Å². The zero-order valence-electron chi connectivity index (χ0n) is 28.6. The molecule has 2 heterocycles. The Morgan fingerprint density at radius 2 is 0.837 bits per heavy atom. The molecule has 2 aliphatic carbocycles. The van der Waals surface area contributed by atoms with Crippen molar-refractivity contribution in [3.05, 3.63) is 71.8 Å². The van der Waals surface area contributed by atoms with Crippen molar-refractivity contribution < 1.29 is 40.3 Å². The smallest absolute Gasteiger partial charge is 0.550 e. The maximum absolute atomic E-state index is 12.5. The van der Waals surface area contributed by atoms with Gasteiger partial charge < -0.3 is 40.6 Å². The Balaban J connectivity index is 0.000000321. The van der Waals surface area contributed by atoms with Crippen LogP contribution in [0.2, 0.25) is 0 Å². The number of nitrogens with zero attached hydrogens (tertiary/aromatic N) is 2. The summed E-state index contributed by atoms with van der Waals surface area (Å²) >= 11 is 0. The first-order valence-electron chi connectivity index (χ1n) is 17.3. The molecule has 0 spiro atoms. The van der Waals surface area contributed by atoms with E-state index in [1.165, 1.54) is 51.4 Å². The van der Waals surface area contributed by atoms with Gasteiger partial charge in [0.15, 0.2) is 0 Å². The van der Waals surface area contributed by atoms with Crippen molar-refractivity contribution in [3.63, 3.8) is 0 Å². The van der Waals surface area contributed by atoms with Crippen molar-refractivity contribution in [3.8, 4) is 0 Å². The van der Waals surface area contributed by atoms with Crippen molar-refractivity contribution in [2.75, 3.05) is 26.2 Å². The molecule has 2 saturated heterocycles. The summed E-state index contributed by atoms with van der Waals surface area (Å²) in [6.45, 7) is 3.26. The first-order valence-corrected chi connectivity index (χ1v) is 17.3. The molecule has 0 aromatic heterocycles. The van der Waals surface area contributed by atoms with Crippen molar-refractivity contribution >= 4 is 61.5 Å². The van der Waals surface area contributed by atoms with Crippen LogP contribution in [-0.4, -0.2) is 108 Å². The standard InChI is InChI=1S/2C19H25NO3.Ca.2H2O/c2*21-18(20-12-15-8-4-5-9-16(15)13-20)11-17(19(22)23)10-14-6-2-1-3-7-14;;;/h2*1-3,6-7,15-17H,4-5,8-13H2,(H,22,23);;2*1H2/q;;+2;;/p-2. The number of carbonyl (C=O) groups excluding carboxylic acids is 4. The predicted octanol–water partition coefficient (Wildman–Crippen LogP) is 1.24. The molecule has 0 bridgehead atoms. The minimum absolute atomic E-state index is 0. The molecule has 6 unspecified atom stereocenters. The summed E-state index contributed by atoms with van der Waals surface area (Å²) in [7, 11) is 0. The SMILES string of the molecule is O.O.O=C([O-])C(CC(=O)N1CC2CCCCC2C1)Cc1ccccc1.O=C([O-])C(CC(=O)N1CC2CCCCC2C1)Cc1ccccc1.[Ca+2]. The summed E-state index contributed by atoms with van der Waals surface area (Å²) in [4.78, 5) is 51.7. The third kappa shape index (κ3) is 12.3. The van der Waals surface area contributed by atoms with Gasteiger partial charge in [0.2, 0.25) is 11.8 Å². The van der Waals surface area contributed by atoms with Gasteiger partial charge in [-0.05, 0) is 73.3 Å². The van der Waals surface area contributed by atoms with Gasteiger partial charge >= 0.3 is 37.7 Å². The first kappa shape index (κ1) is 42.7. The number of hydrogen-bond donors (Lipinski definition) is 0. The van der Waals surface area contributed by atoms with Gasteiger partial charge in [-0.2, -0.15) is 0 Å². The number of fused-ring (bicyclic) bond motifs is 2. The van der Waals surface area contributed by atoms with Crippen LogP contribution in [0.3, 0.4) is 0 Å². The first-order chi connectivity index (χ1) is 22.3. The van der Waals surface area contributed by atoms with Crippen molar-refractivity contribution in [2.24, 2.45) is 35.5 Å². The molecule has 2 aromatic carbocycles. The van der Waals surface area contributed by atoms with Crippen molar-refractivity contribution in [2.45, 2.75) is 77.0 Å². The number of carboxylic acid groups (broad SMARTS) is 2. The second-order valence-electron chi connectivity index (χ2n) is 14.0. The van der Waals surface area contributed by atoms with Crippen LogP contribution < -0.4 is 10.2 Å². The summed E-state index contributed by atoms with van der Waals surface area (Å²) in [6.07, 6.45) is 10.7. The molecule has 2 aliphatic heterocycles. The van der Waals surface area contributed by atoms with Gasteiger partial charge in [-0.15, -0.1) is 0 Å². The molecule has 2 saturated carbocycles. The van der Waals surface area contributed by atoms with E-state index in [1.807, 2.05) is 70.5 Å². The second-order valence-corrected chi connectivity index (χ2v) is 14.0. The van der Waals surface area contributed by atoms with E-state index in [0.29, 0.717) is 36.5 Å². The Morgan fingerprint density at radius 1 is 0.551 bits per heavy atom. The van der Waals surface area contributed by atoms with E-state index in [-0.39, 0.29) is 73.3 Å². The molecule has 4 N–H and O–H groups in total. The Hall–Kier alpha value is -2.50. The number of rotatable bonds is 10. The summed E-state index contributed by atoms with van der Waals surface area (Å²) in [5.41, 5.74) is 1.87. The zero-order chi connectivity index (χ0) is 32.5. The molecule has 4 aliphatic rings. The van der Waals surface area contributed by atoms with Crippen molar-refractivity contribution in [1.29, 1.82) is 0 Å². The molecular formula is C38H52CaN2O8. The molecule has 4 fully saturated rings. The van der Waals surface area contributed by atoms with E-state index < -0.39 is 23.8 Å². The van der Waals surface area contributed by atoms with Crippen LogP contribution >= 0.6 is 0 Å². The quantitative estimate of drug-likeness (QED) is 0.335. The normalized spacial score (nSPS) is 23.4. The Labute approximate surface area is 320 Å². The Morgan fingerprint density at radius 3 is 1.10 bits per heavy atom. The third-order valence-electron chi connectivity index (χ3n) is 10.8. The van der Waals surface area contributed by atoms with Crippen LogP contribution in [0.25, 0.3) is 0 Å². The van der Waals surface area contributed by atoms with Gasteiger partial charge in [-0.25, -0.2) is 0 Å². The van der Waals surface area contributed by atoms with E-state index in [0.717, 1.165) is 37.3 Å². The molecular weight excluding hydrogens is 653 g/mol. The number of carboxylic acids is 2. The molecule has 6 rings (SSSR count). The van der Waals surface area contributed by atoms with Crippen LogP contribution in [0, 0.1) is 35.5 Å². The zero-order valence-corrected chi connectivity index (χ0v) is 30.8. The van der Waals surface area contributed by atoms with E-state index in [9.17, 15) is 29.4 Å². The van der Waals surface area contributed by atoms with Gasteiger partial charge in [-0.1, -0.05) is 86.3 Å². The summed E-state index contributed by atoms with van der Waals surface area (Å²) in [5, 5.41) is 22.8. The number of carbonyl (C=O) groups is 4. The monoisotopic (exact) mass is 704 g/mol. The minimum Gasteiger partial charge on any atom is -0.550 e. The largest absolute Gasteiger partial charge is 2.00 e. The Kier molecular flexibility index (Phi) is 18.3. The fraction of sp³-hybridized carbons (Fsp3) is 0.579. The number of aliphatic carboxylic acids is 2. The summed E-state index contributed by atoms with van der Waals surface area (Å²) < 4.78 is 0. The number of likely N-dealkylation sites (tertiary alicyclic amines) is 2. The van der Waals surface area contributed by atoms with E-state index in [1.54, 1.807) is 0 Å². The summed E-state index contributed by atoms with van der Waals surface area (Å²) in [6, 6.07) is 18.9. The van der Waals surface area contributed by atoms with E-state index >= 15 is 0 Å². The fourth-order valence-electron chi connectivity index (χ4n) is 8.17. The van der Waals surface area contributed by atoms with Crippen LogP contribution in [0.5, 0.6) is 0 Å². The van der Waals surface area contributed by atoms with Crippen LogP contribution in [0.4, 0.5) is 0 Å². The maximum Gasteiger partial charge on any atom is 2.00 e. The van der Waals surface area contributed by atoms with Gasteiger partial charge in [0.25, 0.3) is 0 Å². The topological polar surface area (TPSA) is 184 Å². The van der Waals surface area contributed by atoms with Crippen molar-refractivity contribution in [1.82, 2.24) is 9.80 Å². The number of benzene rings is 2. The molecule has 264 valence electrons. The molecule has 6 atom stereocenters. The summed E-state index contributed by atoms with van der Waals surface area (Å²) in [5.74, 6) is -1.27. The van der Waals surface area contributed by atoms with Gasteiger partial charge in [-0.3, -0.25) is 9.59 Å². The molecule has 11 heteroatoms. The third-order valence-corrected chi connectivity index (χ3v) is 10.8. The minimum atomic E-state index is -1.13. The molecule has 49 heavy (non-hydrogen) atoms. The average Bonchev–Trinajstić information content (AvgIpc) is 3.70. The maximum atomic E-state index is 12.5. The van der Waals surface area contributed by atoms with Gasteiger partial charge in [0.05, 0.1) is 0 Å².